The number of carbonyl (C=O) groups is 1. The van der Waals surface area contributed by atoms with Gasteiger partial charge in [0.25, 0.3) is 0 Å². The minimum Gasteiger partial charge on any atom is -0.376 e. The van der Waals surface area contributed by atoms with Gasteiger partial charge in [0.2, 0.25) is 0 Å². The molecule has 0 aromatic heterocycles. The molecule has 0 aliphatic heterocycles. The van der Waals surface area contributed by atoms with Gasteiger partial charge in [-0.25, -0.2) is 0 Å². The summed E-state index contributed by atoms with van der Waals surface area (Å²) < 4.78 is 5.15. The summed E-state index contributed by atoms with van der Waals surface area (Å²) in [6.45, 7) is 0. The smallest absolute Gasteiger partial charge is 0.122 e. The first-order valence-corrected chi connectivity index (χ1v) is 3.90. The largest absolute Gasteiger partial charge is 0.376 e. The summed E-state index contributed by atoms with van der Waals surface area (Å²) in [5.41, 5.74) is 1.05. The molecule has 0 bridgehead atoms. The molecule has 0 amide bonds. The SMILES string of the molecule is COC(CC=O)c1ccccc1. The van der Waals surface area contributed by atoms with E-state index < -0.39 is 0 Å². The zero-order valence-corrected chi connectivity index (χ0v) is 7.07. The van der Waals surface area contributed by atoms with Crippen LogP contribution in [0.2, 0.25) is 0 Å². The maximum atomic E-state index is 10.3. The lowest BCUT2D eigenvalue weighted by atomic mass is 10.1. The van der Waals surface area contributed by atoms with Gasteiger partial charge in [-0.1, -0.05) is 30.3 Å². The molecule has 0 N–H and O–H groups in total. The van der Waals surface area contributed by atoms with E-state index in [1.54, 1.807) is 7.11 Å². The van der Waals surface area contributed by atoms with Crippen molar-refractivity contribution in [1.82, 2.24) is 0 Å². The molecule has 0 heterocycles. The van der Waals surface area contributed by atoms with Crippen molar-refractivity contribution in [3.63, 3.8) is 0 Å². The Morgan fingerprint density at radius 1 is 1.42 bits per heavy atom. The van der Waals surface area contributed by atoms with Gasteiger partial charge in [0, 0.05) is 13.5 Å². The molecule has 1 unspecified atom stereocenters. The van der Waals surface area contributed by atoms with Gasteiger partial charge in [-0.3, -0.25) is 0 Å². The highest BCUT2D eigenvalue weighted by Gasteiger charge is 2.07. The van der Waals surface area contributed by atoms with E-state index in [-0.39, 0.29) is 6.10 Å². The number of rotatable bonds is 4. The third-order valence-electron chi connectivity index (χ3n) is 1.77. The van der Waals surface area contributed by atoms with E-state index in [1.807, 2.05) is 30.3 Å². The monoisotopic (exact) mass is 164 g/mol. The van der Waals surface area contributed by atoms with E-state index in [4.69, 9.17) is 4.74 Å². The first-order valence-electron chi connectivity index (χ1n) is 3.90. The Labute approximate surface area is 72.2 Å². The van der Waals surface area contributed by atoms with Crippen molar-refractivity contribution >= 4 is 6.29 Å². The van der Waals surface area contributed by atoms with Crippen LogP contribution >= 0.6 is 0 Å². The van der Waals surface area contributed by atoms with E-state index in [9.17, 15) is 4.79 Å². The Hall–Kier alpha value is -1.15. The molecule has 2 heteroatoms. The summed E-state index contributed by atoms with van der Waals surface area (Å²) >= 11 is 0. The van der Waals surface area contributed by atoms with Crippen LogP contribution in [0.1, 0.15) is 18.1 Å². The van der Waals surface area contributed by atoms with Gasteiger partial charge in [-0.05, 0) is 5.56 Å². The summed E-state index contributed by atoms with van der Waals surface area (Å²) in [4.78, 5) is 10.3. The molecule has 0 saturated carbocycles. The van der Waals surface area contributed by atoms with Crippen LogP contribution in [-0.4, -0.2) is 13.4 Å². The predicted molar refractivity (Wildman–Crippen MR) is 46.9 cm³/mol. The van der Waals surface area contributed by atoms with Crippen molar-refractivity contribution in [3.8, 4) is 0 Å². The Bertz CT molecular complexity index is 231. The second-order valence-electron chi connectivity index (χ2n) is 2.54. The van der Waals surface area contributed by atoms with Crippen molar-refractivity contribution in [2.45, 2.75) is 12.5 Å². The van der Waals surface area contributed by atoms with Crippen molar-refractivity contribution in [3.05, 3.63) is 35.9 Å². The highest BCUT2D eigenvalue weighted by molar-refractivity contribution is 5.51. The standard InChI is InChI=1S/C10H12O2/c1-12-10(7-8-11)9-5-3-2-4-6-9/h2-6,8,10H,7H2,1H3. The van der Waals surface area contributed by atoms with Gasteiger partial charge in [0.1, 0.15) is 6.29 Å². The molecule has 0 spiro atoms. The fourth-order valence-corrected chi connectivity index (χ4v) is 1.12. The second-order valence-corrected chi connectivity index (χ2v) is 2.54. The maximum absolute atomic E-state index is 10.3. The Kier molecular flexibility index (Phi) is 3.48. The van der Waals surface area contributed by atoms with E-state index in [0.717, 1.165) is 11.8 Å². The van der Waals surface area contributed by atoms with Crippen molar-refractivity contribution in [2.24, 2.45) is 0 Å². The van der Waals surface area contributed by atoms with Crippen molar-refractivity contribution in [1.29, 1.82) is 0 Å². The third kappa shape index (κ3) is 2.17. The predicted octanol–water partition coefficient (Wildman–Crippen LogP) is 1.96. The average Bonchev–Trinajstić information content (AvgIpc) is 2.15. The first kappa shape index (κ1) is 8.94. The zero-order valence-electron chi connectivity index (χ0n) is 7.07. The molecule has 1 aromatic rings. The average molecular weight is 164 g/mol. The summed E-state index contributed by atoms with van der Waals surface area (Å²) in [5.74, 6) is 0. The molecule has 1 rings (SSSR count). The molecule has 2 nitrogen and oxygen atoms in total. The minimum absolute atomic E-state index is 0.0938. The van der Waals surface area contributed by atoms with Crippen LogP contribution in [0.3, 0.4) is 0 Å². The molecule has 12 heavy (non-hydrogen) atoms. The van der Waals surface area contributed by atoms with Crippen LogP contribution in [0.15, 0.2) is 30.3 Å². The zero-order chi connectivity index (χ0) is 8.81. The molecular weight excluding hydrogens is 152 g/mol. The molecule has 0 saturated heterocycles. The number of aldehydes is 1. The normalized spacial score (nSPS) is 12.4. The van der Waals surface area contributed by atoms with Crippen LogP contribution in [0.25, 0.3) is 0 Å². The molecular formula is C10H12O2. The Morgan fingerprint density at radius 2 is 2.08 bits per heavy atom. The quantitative estimate of drug-likeness (QED) is 0.636. The summed E-state index contributed by atoms with van der Waals surface area (Å²) in [6, 6.07) is 9.73. The van der Waals surface area contributed by atoms with E-state index in [0.29, 0.717) is 6.42 Å². The van der Waals surface area contributed by atoms with E-state index >= 15 is 0 Å². The van der Waals surface area contributed by atoms with Crippen molar-refractivity contribution < 1.29 is 9.53 Å². The molecule has 64 valence electrons. The van der Waals surface area contributed by atoms with Gasteiger partial charge < -0.3 is 9.53 Å². The molecule has 0 fully saturated rings. The van der Waals surface area contributed by atoms with Gasteiger partial charge in [0.15, 0.2) is 0 Å². The maximum Gasteiger partial charge on any atom is 0.122 e. The van der Waals surface area contributed by atoms with Gasteiger partial charge in [-0.2, -0.15) is 0 Å². The number of ether oxygens (including phenoxy) is 1. The summed E-state index contributed by atoms with van der Waals surface area (Å²) in [7, 11) is 1.61. The number of methoxy groups -OCH3 is 1. The lowest BCUT2D eigenvalue weighted by Crippen LogP contribution is -2.01. The van der Waals surface area contributed by atoms with Crippen molar-refractivity contribution in [2.75, 3.05) is 7.11 Å². The highest BCUT2D eigenvalue weighted by atomic mass is 16.5. The molecule has 1 aromatic carbocycles. The molecule has 1 atom stereocenters. The van der Waals surface area contributed by atoms with Gasteiger partial charge in [0.05, 0.1) is 6.10 Å². The third-order valence-corrected chi connectivity index (χ3v) is 1.77. The van der Waals surface area contributed by atoms with Crippen LogP contribution in [0.4, 0.5) is 0 Å². The lowest BCUT2D eigenvalue weighted by Gasteiger charge is -2.11. The van der Waals surface area contributed by atoms with Crippen LogP contribution < -0.4 is 0 Å². The van der Waals surface area contributed by atoms with Gasteiger partial charge >= 0.3 is 0 Å². The van der Waals surface area contributed by atoms with Crippen LogP contribution in [0, 0.1) is 0 Å². The van der Waals surface area contributed by atoms with E-state index in [2.05, 4.69) is 0 Å². The molecule has 0 radical (unpaired) electrons. The summed E-state index contributed by atoms with van der Waals surface area (Å²) in [5, 5.41) is 0. The topological polar surface area (TPSA) is 26.3 Å². The molecule has 0 aliphatic rings. The second kappa shape index (κ2) is 4.67. The van der Waals surface area contributed by atoms with E-state index in [1.165, 1.54) is 0 Å². The van der Waals surface area contributed by atoms with Crippen LogP contribution in [0.5, 0.6) is 0 Å². The fourth-order valence-electron chi connectivity index (χ4n) is 1.12. The highest BCUT2D eigenvalue weighted by Crippen LogP contribution is 2.18. The van der Waals surface area contributed by atoms with Gasteiger partial charge in [-0.15, -0.1) is 0 Å². The number of benzene rings is 1. The lowest BCUT2D eigenvalue weighted by molar-refractivity contribution is -0.110. The number of hydrogen-bond donors (Lipinski definition) is 0. The minimum atomic E-state index is -0.0938. The fraction of sp³-hybridized carbons (Fsp3) is 0.300. The summed E-state index contributed by atoms with van der Waals surface area (Å²) in [6.07, 6.45) is 1.20. The van der Waals surface area contributed by atoms with Crippen LogP contribution in [-0.2, 0) is 9.53 Å². The number of carbonyl (C=O) groups excluding carboxylic acids is 1. The Morgan fingerprint density at radius 3 is 2.58 bits per heavy atom. The first-order chi connectivity index (χ1) is 5.88. The molecule has 0 aliphatic carbocycles. The Balaban J connectivity index is 2.72. The number of hydrogen-bond acceptors (Lipinski definition) is 2.